The summed E-state index contributed by atoms with van der Waals surface area (Å²) in [7, 11) is 0. The van der Waals surface area contributed by atoms with E-state index in [1.165, 1.54) is 6.07 Å². The largest absolute Gasteiger partial charge is 0.481 e. The first-order chi connectivity index (χ1) is 9.90. The van der Waals surface area contributed by atoms with Gasteiger partial charge in [0.25, 0.3) is 11.6 Å². The van der Waals surface area contributed by atoms with Crippen molar-refractivity contribution in [1.29, 1.82) is 0 Å². The van der Waals surface area contributed by atoms with Gasteiger partial charge >= 0.3 is 5.97 Å². The van der Waals surface area contributed by atoms with Gasteiger partial charge in [-0.2, -0.15) is 0 Å². The second-order valence-electron chi connectivity index (χ2n) is 5.25. The van der Waals surface area contributed by atoms with Crippen LogP contribution in [0.3, 0.4) is 0 Å². The summed E-state index contributed by atoms with van der Waals surface area (Å²) in [5, 5.41) is 22.7. The van der Waals surface area contributed by atoms with Crippen LogP contribution < -0.4 is 5.32 Å². The fraction of sp³-hybridized carbons (Fsp3) is 0.429. The Bertz CT molecular complexity index is 599. The smallest absolute Gasteiger partial charge is 0.306 e. The molecule has 0 spiro atoms. The molecule has 1 aliphatic rings. The third-order valence-corrected chi connectivity index (χ3v) is 3.78. The van der Waals surface area contributed by atoms with E-state index in [0.717, 1.165) is 0 Å². The van der Waals surface area contributed by atoms with Crippen LogP contribution in [0.25, 0.3) is 0 Å². The van der Waals surface area contributed by atoms with Gasteiger partial charge in [-0.15, -0.1) is 0 Å². The van der Waals surface area contributed by atoms with Crippen molar-refractivity contribution < 1.29 is 19.6 Å². The number of rotatable bonds is 4. The van der Waals surface area contributed by atoms with E-state index in [1.54, 1.807) is 19.1 Å². The Hall–Kier alpha value is -2.44. The standard InChI is InChI=1S/C14H16N2O5/c1-8-3-2-4-11(12(8)16(20)21)13(17)15-10-6-5-9(7-10)14(18)19/h2-4,9-10H,5-7H2,1H3,(H,15,17)(H,18,19)/t9-,10+/m0/s1. The van der Waals surface area contributed by atoms with Gasteiger partial charge in [0.15, 0.2) is 0 Å². The maximum atomic E-state index is 12.2. The number of carboxylic acids is 1. The number of hydrogen-bond donors (Lipinski definition) is 2. The van der Waals surface area contributed by atoms with Gasteiger partial charge < -0.3 is 10.4 Å². The molecule has 112 valence electrons. The second kappa shape index (κ2) is 5.90. The number of aliphatic carboxylic acids is 1. The summed E-state index contributed by atoms with van der Waals surface area (Å²) in [6.45, 7) is 1.57. The highest BCUT2D eigenvalue weighted by molar-refractivity contribution is 5.98. The van der Waals surface area contributed by atoms with Crippen LogP contribution in [0.15, 0.2) is 18.2 Å². The van der Waals surface area contributed by atoms with Crippen molar-refractivity contribution in [3.05, 3.63) is 39.4 Å². The average Bonchev–Trinajstić information content (AvgIpc) is 2.86. The molecule has 7 heteroatoms. The minimum Gasteiger partial charge on any atom is -0.481 e. The van der Waals surface area contributed by atoms with Crippen molar-refractivity contribution in [3.8, 4) is 0 Å². The molecule has 0 aliphatic heterocycles. The summed E-state index contributed by atoms with van der Waals surface area (Å²) < 4.78 is 0. The van der Waals surface area contributed by atoms with Gasteiger partial charge in [0.05, 0.1) is 10.8 Å². The predicted octanol–water partition coefficient (Wildman–Crippen LogP) is 1.89. The van der Waals surface area contributed by atoms with Crippen molar-refractivity contribution in [3.63, 3.8) is 0 Å². The Morgan fingerprint density at radius 1 is 1.38 bits per heavy atom. The number of benzene rings is 1. The lowest BCUT2D eigenvalue weighted by Gasteiger charge is -2.13. The number of para-hydroxylation sites is 1. The molecule has 1 fully saturated rings. The van der Waals surface area contributed by atoms with E-state index in [4.69, 9.17) is 5.11 Å². The fourth-order valence-electron chi connectivity index (χ4n) is 2.68. The quantitative estimate of drug-likeness (QED) is 0.650. The Kier molecular flexibility index (Phi) is 4.21. The molecule has 0 radical (unpaired) electrons. The third kappa shape index (κ3) is 3.18. The minimum absolute atomic E-state index is 0.0128. The molecule has 0 aromatic heterocycles. The van der Waals surface area contributed by atoms with Gasteiger partial charge in [-0.1, -0.05) is 12.1 Å². The number of hydrogen-bond acceptors (Lipinski definition) is 4. The zero-order chi connectivity index (χ0) is 15.6. The molecule has 0 unspecified atom stereocenters. The summed E-state index contributed by atoms with van der Waals surface area (Å²) in [5.74, 6) is -1.85. The maximum Gasteiger partial charge on any atom is 0.306 e. The summed E-state index contributed by atoms with van der Waals surface area (Å²) in [4.78, 5) is 33.6. The van der Waals surface area contributed by atoms with Crippen LogP contribution in [0.2, 0.25) is 0 Å². The molecule has 2 N–H and O–H groups in total. The molecule has 2 rings (SSSR count). The van der Waals surface area contributed by atoms with Crippen molar-refractivity contribution >= 4 is 17.6 Å². The number of carboxylic acid groups (broad SMARTS) is 1. The Morgan fingerprint density at radius 2 is 2.10 bits per heavy atom. The van der Waals surface area contributed by atoms with E-state index in [9.17, 15) is 19.7 Å². The van der Waals surface area contributed by atoms with Gasteiger partial charge in [0, 0.05) is 11.6 Å². The number of aryl methyl sites for hydroxylation is 1. The van der Waals surface area contributed by atoms with E-state index < -0.39 is 22.7 Å². The molecule has 1 amide bonds. The van der Waals surface area contributed by atoms with Crippen molar-refractivity contribution in [2.24, 2.45) is 5.92 Å². The molecule has 0 heterocycles. The van der Waals surface area contributed by atoms with E-state index in [2.05, 4.69) is 5.32 Å². The first kappa shape index (κ1) is 15.0. The molecular formula is C14H16N2O5. The van der Waals surface area contributed by atoms with E-state index in [-0.39, 0.29) is 17.3 Å². The highest BCUT2D eigenvalue weighted by Gasteiger charge is 2.32. The van der Waals surface area contributed by atoms with Gasteiger partial charge in [0.1, 0.15) is 5.56 Å². The zero-order valence-electron chi connectivity index (χ0n) is 11.5. The SMILES string of the molecule is Cc1cccc(C(=O)N[C@@H]2CC[C@H](C(=O)O)C2)c1[N+](=O)[O-]. The molecule has 0 saturated heterocycles. The van der Waals surface area contributed by atoms with Crippen LogP contribution in [0.5, 0.6) is 0 Å². The predicted molar refractivity (Wildman–Crippen MR) is 74.1 cm³/mol. The van der Waals surface area contributed by atoms with Gasteiger partial charge in [0.2, 0.25) is 0 Å². The number of nitrogens with zero attached hydrogens (tertiary/aromatic N) is 1. The van der Waals surface area contributed by atoms with Gasteiger partial charge in [-0.3, -0.25) is 19.7 Å². The summed E-state index contributed by atoms with van der Waals surface area (Å²) in [6.07, 6.45) is 1.44. The number of nitro groups is 1. The monoisotopic (exact) mass is 292 g/mol. The lowest BCUT2D eigenvalue weighted by atomic mass is 10.1. The molecule has 1 saturated carbocycles. The van der Waals surface area contributed by atoms with Crippen LogP contribution in [0, 0.1) is 23.0 Å². The molecule has 2 atom stereocenters. The molecule has 21 heavy (non-hydrogen) atoms. The third-order valence-electron chi connectivity index (χ3n) is 3.78. The summed E-state index contributed by atoms with van der Waals surface area (Å²) in [5.41, 5.74) is 0.226. The highest BCUT2D eigenvalue weighted by atomic mass is 16.6. The van der Waals surface area contributed by atoms with Crippen LogP contribution >= 0.6 is 0 Å². The van der Waals surface area contributed by atoms with Crippen LogP contribution in [-0.2, 0) is 4.79 Å². The van der Waals surface area contributed by atoms with Crippen molar-refractivity contribution in [1.82, 2.24) is 5.32 Å². The number of carbonyl (C=O) groups is 2. The first-order valence-corrected chi connectivity index (χ1v) is 6.67. The Balaban J connectivity index is 2.13. The topological polar surface area (TPSA) is 110 Å². The molecule has 1 aromatic rings. The normalized spacial score (nSPS) is 21.0. The maximum absolute atomic E-state index is 12.2. The fourth-order valence-corrected chi connectivity index (χ4v) is 2.68. The van der Waals surface area contributed by atoms with E-state index >= 15 is 0 Å². The number of amides is 1. The van der Waals surface area contributed by atoms with Gasteiger partial charge in [-0.05, 0) is 32.3 Å². The van der Waals surface area contributed by atoms with Crippen LogP contribution in [0.4, 0.5) is 5.69 Å². The van der Waals surface area contributed by atoms with E-state index in [0.29, 0.717) is 24.8 Å². The summed E-state index contributed by atoms with van der Waals surface area (Å²) >= 11 is 0. The highest BCUT2D eigenvalue weighted by Crippen LogP contribution is 2.27. The molecule has 7 nitrogen and oxygen atoms in total. The second-order valence-corrected chi connectivity index (χ2v) is 5.25. The Labute approximate surface area is 121 Å². The molecule has 1 aromatic carbocycles. The van der Waals surface area contributed by atoms with Crippen LogP contribution in [0.1, 0.15) is 35.2 Å². The van der Waals surface area contributed by atoms with Crippen molar-refractivity contribution in [2.75, 3.05) is 0 Å². The average molecular weight is 292 g/mol. The zero-order valence-corrected chi connectivity index (χ0v) is 11.5. The Morgan fingerprint density at radius 3 is 2.67 bits per heavy atom. The minimum atomic E-state index is -0.867. The molecule has 0 bridgehead atoms. The molecule has 1 aliphatic carbocycles. The van der Waals surface area contributed by atoms with Crippen LogP contribution in [-0.4, -0.2) is 27.9 Å². The van der Waals surface area contributed by atoms with E-state index in [1.807, 2.05) is 0 Å². The molecular weight excluding hydrogens is 276 g/mol. The van der Waals surface area contributed by atoms with Gasteiger partial charge in [-0.25, -0.2) is 0 Å². The summed E-state index contributed by atoms with van der Waals surface area (Å²) in [6, 6.07) is 4.32. The van der Waals surface area contributed by atoms with Crippen molar-refractivity contribution in [2.45, 2.75) is 32.2 Å². The lowest BCUT2D eigenvalue weighted by molar-refractivity contribution is -0.385. The number of nitro benzene ring substituents is 1. The number of nitrogens with one attached hydrogen (secondary N) is 1. The first-order valence-electron chi connectivity index (χ1n) is 6.67. The number of carbonyl (C=O) groups excluding carboxylic acids is 1. The lowest BCUT2D eigenvalue weighted by Crippen LogP contribution is -2.33.